The Morgan fingerprint density at radius 3 is 2.62 bits per heavy atom. The van der Waals surface area contributed by atoms with Gasteiger partial charge in [-0.1, -0.05) is 35.0 Å². The van der Waals surface area contributed by atoms with Gasteiger partial charge in [0.1, 0.15) is 0 Å². The molecule has 0 saturated heterocycles. The minimum atomic E-state index is -0.0108. The fraction of sp³-hybridized carbons (Fsp3) is 0.231. The molecule has 3 nitrogen and oxygen atoms in total. The van der Waals surface area contributed by atoms with Gasteiger partial charge in [0.2, 0.25) is 0 Å². The normalized spacial score (nSPS) is 10.4. The van der Waals surface area contributed by atoms with Crippen LogP contribution in [0.2, 0.25) is 0 Å². The molecular weight excluding hydrogens is 202 g/mol. The van der Waals surface area contributed by atoms with Crippen LogP contribution in [0.1, 0.15) is 34.2 Å². The number of nitrogens with zero attached hydrogens (tertiary/aromatic N) is 1. The van der Waals surface area contributed by atoms with E-state index in [-0.39, 0.29) is 5.78 Å². The molecule has 0 aliphatic carbocycles. The number of benzene rings is 1. The lowest BCUT2D eigenvalue weighted by Crippen LogP contribution is -1.96. The van der Waals surface area contributed by atoms with E-state index >= 15 is 0 Å². The van der Waals surface area contributed by atoms with Crippen molar-refractivity contribution in [3.05, 3.63) is 52.9 Å². The van der Waals surface area contributed by atoms with Crippen molar-refractivity contribution in [3.8, 4) is 0 Å². The average molecular weight is 215 g/mol. The van der Waals surface area contributed by atoms with E-state index in [1.165, 1.54) is 18.7 Å². The number of hydrogen-bond donors (Lipinski definition) is 0. The molecule has 0 unspecified atom stereocenters. The fourth-order valence-corrected chi connectivity index (χ4v) is 1.57. The van der Waals surface area contributed by atoms with Crippen molar-refractivity contribution in [2.24, 2.45) is 0 Å². The van der Waals surface area contributed by atoms with Gasteiger partial charge in [0.15, 0.2) is 11.5 Å². The highest BCUT2D eigenvalue weighted by molar-refractivity contribution is 5.94. The van der Waals surface area contributed by atoms with Gasteiger partial charge in [-0.2, -0.15) is 0 Å². The molecule has 0 aliphatic heterocycles. The third-order valence-corrected chi connectivity index (χ3v) is 2.51. The molecule has 0 fully saturated rings. The summed E-state index contributed by atoms with van der Waals surface area (Å²) >= 11 is 0. The van der Waals surface area contributed by atoms with Gasteiger partial charge in [-0.3, -0.25) is 4.79 Å². The van der Waals surface area contributed by atoms with E-state index in [9.17, 15) is 4.79 Å². The van der Waals surface area contributed by atoms with Crippen LogP contribution in [-0.2, 0) is 6.42 Å². The van der Waals surface area contributed by atoms with Crippen LogP contribution < -0.4 is 0 Å². The molecule has 0 saturated carbocycles. The lowest BCUT2D eigenvalue weighted by Gasteiger charge is -2.00. The summed E-state index contributed by atoms with van der Waals surface area (Å²) in [4.78, 5) is 11.3. The molecule has 82 valence electrons. The van der Waals surface area contributed by atoms with Crippen molar-refractivity contribution < 1.29 is 9.32 Å². The molecular formula is C13H13NO2. The number of rotatable bonds is 3. The van der Waals surface area contributed by atoms with Crippen LogP contribution in [0.5, 0.6) is 0 Å². The van der Waals surface area contributed by atoms with Crippen molar-refractivity contribution >= 4 is 5.78 Å². The van der Waals surface area contributed by atoms with Crippen molar-refractivity contribution in [2.75, 3.05) is 0 Å². The fourth-order valence-electron chi connectivity index (χ4n) is 1.57. The third kappa shape index (κ3) is 2.19. The van der Waals surface area contributed by atoms with E-state index in [1.807, 2.05) is 31.2 Å². The number of ketones is 1. The number of carbonyl (C=O) groups is 1. The number of aryl methyl sites for hydroxylation is 1. The Morgan fingerprint density at radius 1 is 1.31 bits per heavy atom. The van der Waals surface area contributed by atoms with Crippen LogP contribution in [0.4, 0.5) is 0 Å². The first kappa shape index (κ1) is 10.6. The van der Waals surface area contributed by atoms with Crippen molar-refractivity contribution in [2.45, 2.75) is 20.3 Å². The van der Waals surface area contributed by atoms with E-state index in [4.69, 9.17) is 4.52 Å². The molecule has 0 atom stereocenters. The van der Waals surface area contributed by atoms with Crippen LogP contribution >= 0.6 is 0 Å². The molecule has 0 N–H and O–H groups in total. The predicted molar refractivity (Wildman–Crippen MR) is 60.5 cm³/mol. The summed E-state index contributed by atoms with van der Waals surface area (Å²) < 4.78 is 5.09. The highest BCUT2D eigenvalue weighted by Crippen LogP contribution is 2.15. The quantitative estimate of drug-likeness (QED) is 0.739. The van der Waals surface area contributed by atoms with E-state index in [1.54, 1.807) is 0 Å². The first-order chi connectivity index (χ1) is 7.66. The van der Waals surface area contributed by atoms with Crippen molar-refractivity contribution in [1.29, 1.82) is 0 Å². The van der Waals surface area contributed by atoms with Crippen LogP contribution in [0.3, 0.4) is 0 Å². The molecule has 2 aromatic rings. The van der Waals surface area contributed by atoms with Gasteiger partial charge in [0.05, 0.1) is 11.8 Å². The van der Waals surface area contributed by atoms with Gasteiger partial charge in [0, 0.05) is 6.42 Å². The summed E-state index contributed by atoms with van der Waals surface area (Å²) in [6, 6.07) is 8.14. The number of aromatic nitrogens is 1. The summed E-state index contributed by atoms with van der Waals surface area (Å²) in [6.07, 6.45) is 2.08. The van der Waals surface area contributed by atoms with Crippen LogP contribution in [0, 0.1) is 6.92 Å². The SMILES string of the molecule is CC(=O)c1cnoc1Cc1ccc(C)cc1. The summed E-state index contributed by atoms with van der Waals surface area (Å²) in [6.45, 7) is 3.56. The molecule has 16 heavy (non-hydrogen) atoms. The molecule has 0 radical (unpaired) electrons. The summed E-state index contributed by atoms with van der Waals surface area (Å²) in [5.74, 6) is 0.625. The summed E-state index contributed by atoms with van der Waals surface area (Å²) in [5, 5.41) is 3.66. The molecule has 0 bridgehead atoms. The van der Waals surface area contributed by atoms with Crippen molar-refractivity contribution in [3.63, 3.8) is 0 Å². The maximum atomic E-state index is 11.3. The van der Waals surface area contributed by atoms with Gasteiger partial charge in [-0.05, 0) is 19.4 Å². The molecule has 1 aromatic carbocycles. The zero-order valence-electron chi connectivity index (χ0n) is 9.36. The minimum absolute atomic E-state index is 0.0108. The van der Waals surface area contributed by atoms with Gasteiger partial charge >= 0.3 is 0 Å². The zero-order valence-corrected chi connectivity index (χ0v) is 9.36. The Kier molecular flexibility index (Phi) is 2.86. The molecule has 1 heterocycles. The summed E-state index contributed by atoms with van der Waals surface area (Å²) in [7, 11) is 0. The Labute approximate surface area is 94.1 Å². The Morgan fingerprint density at radius 2 is 2.00 bits per heavy atom. The lowest BCUT2D eigenvalue weighted by molar-refractivity contribution is 0.101. The molecule has 3 heteroatoms. The largest absolute Gasteiger partial charge is 0.360 e. The standard InChI is InChI=1S/C13H13NO2/c1-9-3-5-11(6-4-9)7-13-12(10(2)15)8-14-16-13/h3-6,8H,7H2,1-2H3. The maximum absolute atomic E-state index is 11.3. The van der Waals surface area contributed by atoms with E-state index in [0.717, 1.165) is 5.56 Å². The first-order valence-electron chi connectivity index (χ1n) is 5.17. The highest BCUT2D eigenvalue weighted by Gasteiger charge is 2.12. The van der Waals surface area contributed by atoms with E-state index in [0.29, 0.717) is 17.7 Å². The minimum Gasteiger partial charge on any atom is -0.360 e. The molecule has 0 aliphatic rings. The smallest absolute Gasteiger partial charge is 0.165 e. The predicted octanol–water partition coefficient (Wildman–Crippen LogP) is 2.78. The molecule has 1 aromatic heterocycles. The monoisotopic (exact) mass is 215 g/mol. The second-order valence-corrected chi connectivity index (χ2v) is 3.88. The maximum Gasteiger partial charge on any atom is 0.165 e. The highest BCUT2D eigenvalue weighted by atomic mass is 16.5. The van der Waals surface area contributed by atoms with Crippen LogP contribution in [0.25, 0.3) is 0 Å². The summed E-state index contributed by atoms with van der Waals surface area (Å²) in [5.41, 5.74) is 2.90. The van der Waals surface area contributed by atoms with Crippen LogP contribution in [0.15, 0.2) is 35.0 Å². The second-order valence-electron chi connectivity index (χ2n) is 3.88. The Hall–Kier alpha value is -1.90. The topological polar surface area (TPSA) is 43.1 Å². The van der Waals surface area contributed by atoms with Crippen molar-refractivity contribution in [1.82, 2.24) is 5.16 Å². The van der Waals surface area contributed by atoms with Gasteiger partial charge in [0.25, 0.3) is 0 Å². The second kappa shape index (κ2) is 4.31. The van der Waals surface area contributed by atoms with Gasteiger partial charge in [-0.15, -0.1) is 0 Å². The Balaban J connectivity index is 2.23. The first-order valence-corrected chi connectivity index (χ1v) is 5.17. The number of Topliss-reactive ketones (excluding diaryl/α,β-unsaturated/α-hetero) is 1. The lowest BCUT2D eigenvalue weighted by atomic mass is 10.0. The number of hydrogen-bond acceptors (Lipinski definition) is 3. The third-order valence-electron chi connectivity index (χ3n) is 2.51. The Bertz CT molecular complexity index is 497. The van der Waals surface area contributed by atoms with Gasteiger partial charge < -0.3 is 4.52 Å². The average Bonchev–Trinajstić information content (AvgIpc) is 2.69. The van der Waals surface area contributed by atoms with E-state index in [2.05, 4.69) is 5.16 Å². The van der Waals surface area contributed by atoms with Gasteiger partial charge in [-0.25, -0.2) is 0 Å². The number of carbonyl (C=O) groups excluding carboxylic acids is 1. The molecule has 0 amide bonds. The molecule has 0 spiro atoms. The van der Waals surface area contributed by atoms with E-state index < -0.39 is 0 Å². The van der Waals surface area contributed by atoms with Crippen LogP contribution in [-0.4, -0.2) is 10.9 Å². The molecule has 2 rings (SSSR count). The zero-order chi connectivity index (χ0) is 11.5.